The highest BCUT2D eigenvalue weighted by Crippen LogP contribution is 2.25. The van der Waals surface area contributed by atoms with E-state index in [4.69, 9.17) is 0 Å². The first-order valence-corrected chi connectivity index (χ1v) is 10.0. The highest BCUT2D eigenvalue weighted by Gasteiger charge is 2.36. The molecule has 8 nitrogen and oxygen atoms in total. The fraction of sp³-hybridized carbons (Fsp3) is 0.318. The van der Waals surface area contributed by atoms with Crippen LogP contribution in [0.25, 0.3) is 11.0 Å². The first-order valence-electron chi connectivity index (χ1n) is 10.0. The molecule has 0 radical (unpaired) electrons. The Kier molecular flexibility index (Phi) is 5.31. The lowest BCUT2D eigenvalue weighted by Crippen LogP contribution is -2.37. The van der Waals surface area contributed by atoms with Gasteiger partial charge >= 0.3 is 0 Å². The van der Waals surface area contributed by atoms with Crippen molar-refractivity contribution < 1.29 is 14.4 Å². The van der Waals surface area contributed by atoms with Gasteiger partial charge in [-0.25, -0.2) is 4.98 Å². The van der Waals surface area contributed by atoms with Gasteiger partial charge in [0.1, 0.15) is 11.5 Å². The number of para-hydroxylation sites is 2. The number of imide groups is 1. The van der Waals surface area contributed by atoms with Gasteiger partial charge in [-0.05, 0) is 30.2 Å². The molecule has 1 aliphatic heterocycles. The van der Waals surface area contributed by atoms with Crippen molar-refractivity contribution in [3.8, 4) is 0 Å². The number of carbonyl (C=O) groups is 3. The second-order valence-corrected chi connectivity index (χ2v) is 7.48. The van der Waals surface area contributed by atoms with E-state index in [1.807, 2.05) is 31.2 Å². The number of amides is 3. The largest absolute Gasteiger partial charge is 0.346 e. The van der Waals surface area contributed by atoms with E-state index in [0.29, 0.717) is 5.82 Å². The van der Waals surface area contributed by atoms with Gasteiger partial charge in [0.15, 0.2) is 0 Å². The van der Waals surface area contributed by atoms with Crippen molar-refractivity contribution in [2.45, 2.75) is 32.7 Å². The van der Waals surface area contributed by atoms with Gasteiger partial charge < -0.3 is 10.3 Å². The molecule has 0 saturated heterocycles. The number of hydrogen-bond acceptors (Lipinski definition) is 5. The van der Waals surface area contributed by atoms with E-state index in [2.05, 4.69) is 27.2 Å². The zero-order valence-corrected chi connectivity index (χ0v) is 16.9. The SMILES string of the molecule is CC[C@H](C)[C@H](NC(=O)CCN1C(=O)c2cccnc2C1=O)c1nc2ccccc2[nH]1. The molecule has 0 fully saturated rings. The molecule has 2 N–H and O–H groups in total. The predicted octanol–water partition coefficient (Wildman–Crippen LogP) is 2.85. The van der Waals surface area contributed by atoms with Crippen molar-refractivity contribution in [2.75, 3.05) is 6.54 Å². The van der Waals surface area contributed by atoms with E-state index in [0.717, 1.165) is 22.4 Å². The lowest BCUT2D eigenvalue weighted by Gasteiger charge is -2.23. The number of aromatic nitrogens is 3. The Hall–Kier alpha value is -3.55. The summed E-state index contributed by atoms with van der Waals surface area (Å²) in [6.07, 6.45) is 2.34. The maximum atomic E-state index is 12.7. The summed E-state index contributed by atoms with van der Waals surface area (Å²) in [5, 5.41) is 3.02. The number of hydrogen-bond donors (Lipinski definition) is 2. The zero-order chi connectivity index (χ0) is 21.3. The van der Waals surface area contributed by atoms with Crippen LogP contribution in [0.3, 0.4) is 0 Å². The normalized spacial score (nSPS) is 15.3. The minimum Gasteiger partial charge on any atom is -0.346 e. The molecule has 4 rings (SSSR count). The predicted molar refractivity (Wildman–Crippen MR) is 111 cm³/mol. The van der Waals surface area contributed by atoms with Crippen molar-refractivity contribution >= 4 is 28.8 Å². The van der Waals surface area contributed by atoms with Gasteiger partial charge in [0.2, 0.25) is 5.91 Å². The van der Waals surface area contributed by atoms with Crippen LogP contribution in [-0.4, -0.2) is 44.1 Å². The van der Waals surface area contributed by atoms with Gasteiger partial charge in [0.05, 0.1) is 22.6 Å². The van der Waals surface area contributed by atoms with Crippen LogP contribution in [0.1, 0.15) is 59.4 Å². The number of imidazole rings is 1. The van der Waals surface area contributed by atoms with Crippen LogP contribution in [0, 0.1) is 5.92 Å². The highest BCUT2D eigenvalue weighted by atomic mass is 16.2. The second kappa shape index (κ2) is 8.06. The van der Waals surface area contributed by atoms with Crippen molar-refractivity contribution in [2.24, 2.45) is 5.92 Å². The van der Waals surface area contributed by atoms with Crippen molar-refractivity contribution in [1.82, 2.24) is 25.2 Å². The number of rotatable bonds is 7. The highest BCUT2D eigenvalue weighted by molar-refractivity contribution is 6.20. The van der Waals surface area contributed by atoms with Crippen LogP contribution in [0.4, 0.5) is 0 Å². The first kappa shape index (κ1) is 19.8. The number of H-pyrrole nitrogens is 1. The average molecular weight is 405 g/mol. The molecule has 8 heteroatoms. The summed E-state index contributed by atoms with van der Waals surface area (Å²) >= 11 is 0. The Morgan fingerprint density at radius 3 is 2.70 bits per heavy atom. The van der Waals surface area contributed by atoms with E-state index in [1.54, 1.807) is 12.1 Å². The molecule has 0 unspecified atom stereocenters. The maximum Gasteiger partial charge on any atom is 0.280 e. The van der Waals surface area contributed by atoms with E-state index in [9.17, 15) is 14.4 Å². The monoisotopic (exact) mass is 405 g/mol. The van der Waals surface area contributed by atoms with E-state index < -0.39 is 11.8 Å². The van der Waals surface area contributed by atoms with Gasteiger partial charge in [0, 0.05) is 19.2 Å². The number of aromatic amines is 1. The van der Waals surface area contributed by atoms with Gasteiger partial charge in [-0.15, -0.1) is 0 Å². The van der Waals surface area contributed by atoms with Crippen LogP contribution in [0.15, 0.2) is 42.6 Å². The summed E-state index contributed by atoms with van der Waals surface area (Å²) in [5.41, 5.74) is 2.17. The molecule has 0 saturated carbocycles. The Morgan fingerprint density at radius 2 is 1.97 bits per heavy atom. The van der Waals surface area contributed by atoms with Crippen LogP contribution in [0.2, 0.25) is 0 Å². The first-order chi connectivity index (χ1) is 14.5. The fourth-order valence-corrected chi connectivity index (χ4v) is 3.61. The maximum absolute atomic E-state index is 12.7. The molecule has 3 heterocycles. The number of fused-ring (bicyclic) bond motifs is 2. The number of pyridine rings is 1. The quantitative estimate of drug-likeness (QED) is 0.588. The summed E-state index contributed by atoms with van der Waals surface area (Å²) in [7, 11) is 0. The number of nitrogens with one attached hydrogen (secondary N) is 2. The van der Waals surface area contributed by atoms with Crippen LogP contribution < -0.4 is 5.32 Å². The Morgan fingerprint density at radius 1 is 1.17 bits per heavy atom. The van der Waals surface area contributed by atoms with Gasteiger partial charge in [-0.2, -0.15) is 0 Å². The molecule has 2 aromatic heterocycles. The minimum atomic E-state index is -0.459. The number of nitrogens with zero attached hydrogens (tertiary/aromatic N) is 3. The molecule has 3 amide bonds. The number of carbonyl (C=O) groups excluding carboxylic acids is 3. The fourth-order valence-electron chi connectivity index (χ4n) is 3.61. The second-order valence-electron chi connectivity index (χ2n) is 7.48. The molecule has 154 valence electrons. The summed E-state index contributed by atoms with van der Waals surface area (Å²) in [5.74, 6) is -0.266. The van der Waals surface area contributed by atoms with Crippen LogP contribution >= 0.6 is 0 Å². The van der Waals surface area contributed by atoms with E-state index in [1.165, 1.54) is 6.20 Å². The summed E-state index contributed by atoms with van der Waals surface area (Å²) in [6, 6.07) is 10.6. The molecule has 1 aromatic carbocycles. The van der Waals surface area contributed by atoms with Crippen molar-refractivity contribution in [1.29, 1.82) is 0 Å². The van der Waals surface area contributed by atoms with Gasteiger partial charge in [-0.1, -0.05) is 32.4 Å². The Balaban J connectivity index is 1.45. The summed E-state index contributed by atoms with van der Waals surface area (Å²) in [6.45, 7) is 4.11. The van der Waals surface area contributed by atoms with E-state index >= 15 is 0 Å². The zero-order valence-electron chi connectivity index (χ0n) is 16.9. The number of benzene rings is 1. The van der Waals surface area contributed by atoms with Crippen LogP contribution in [-0.2, 0) is 4.79 Å². The summed E-state index contributed by atoms with van der Waals surface area (Å²) in [4.78, 5) is 50.5. The van der Waals surface area contributed by atoms with Gasteiger partial charge in [-0.3, -0.25) is 24.3 Å². The third-order valence-corrected chi connectivity index (χ3v) is 5.53. The minimum absolute atomic E-state index is 0.00716. The molecule has 30 heavy (non-hydrogen) atoms. The third-order valence-electron chi connectivity index (χ3n) is 5.53. The molecular formula is C22H23N5O3. The standard InChI is InChI=1S/C22H23N5O3/c1-3-13(2)18(20-24-15-8-4-5-9-16(15)25-20)26-17(28)10-12-27-21(29)14-7-6-11-23-19(14)22(27)30/h4-9,11,13,18H,3,10,12H2,1-2H3,(H,24,25)(H,26,28)/t13-,18-/m0/s1. The molecule has 0 spiro atoms. The van der Waals surface area contributed by atoms with Crippen LogP contribution in [0.5, 0.6) is 0 Å². The van der Waals surface area contributed by atoms with Crippen molar-refractivity contribution in [3.05, 3.63) is 59.7 Å². The molecular weight excluding hydrogens is 382 g/mol. The van der Waals surface area contributed by atoms with E-state index in [-0.39, 0.29) is 42.1 Å². The van der Waals surface area contributed by atoms with Gasteiger partial charge in [0.25, 0.3) is 11.8 Å². The third kappa shape index (κ3) is 3.56. The topological polar surface area (TPSA) is 108 Å². The summed E-state index contributed by atoms with van der Waals surface area (Å²) < 4.78 is 0. The molecule has 1 aliphatic rings. The Labute approximate surface area is 173 Å². The Bertz CT molecular complexity index is 1050. The molecule has 2 atom stereocenters. The smallest absolute Gasteiger partial charge is 0.280 e. The molecule has 0 aliphatic carbocycles. The molecule has 3 aromatic rings. The average Bonchev–Trinajstić information content (AvgIpc) is 3.30. The lowest BCUT2D eigenvalue weighted by atomic mass is 9.98. The van der Waals surface area contributed by atoms with Crippen molar-refractivity contribution in [3.63, 3.8) is 0 Å². The molecule has 0 bridgehead atoms. The lowest BCUT2D eigenvalue weighted by molar-refractivity contribution is -0.122.